The van der Waals surface area contributed by atoms with E-state index >= 15 is 0 Å². The molecule has 0 atom stereocenters. The summed E-state index contributed by atoms with van der Waals surface area (Å²) in [5.74, 6) is -0.963. The molecule has 0 radical (unpaired) electrons. The molecule has 2 aromatic rings. The van der Waals surface area contributed by atoms with Gasteiger partial charge in [-0.25, -0.2) is 9.78 Å². The second-order valence-corrected chi connectivity index (χ2v) is 5.44. The van der Waals surface area contributed by atoms with Crippen LogP contribution in [0.25, 0.3) is 0 Å². The van der Waals surface area contributed by atoms with E-state index in [0.717, 1.165) is 23.6 Å². The van der Waals surface area contributed by atoms with E-state index in [9.17, 15) is 4.79 Å². The van der Waals surface area contributed by atoms with E-state index in [-0.39, 0.29) is 5.01 Å². The average Bonchev–Trinajstić information content (AvgIpc) is 2.89. The first-order valence-electron chi connectivity index (χ1n) is 5.08. The van der Waals surface area contributed by atoms with Crippen molar-refractivity contribution in [3.05, 3.63) is 38.0 Å². The Morgan fingerprint density at radius 3 is 2.88 bits per heavy atom. The van der Waals surface area contributed by atoms with Crippen LogP contribution in [0.5, 0.6) is 0 Å². The molecule has 2 rings (SSSR count). The Labute approximate surface area is 107 Å². The molecule has 0 aliphatic carbocycles. The maximum Gasteiger partial charge on any atom is 0.365 e. The fourth-order valence-corrected chi connectivity index (χ4v) is 2.91. The molecule has 4 nitrogen and oxygen atoms in total. The molecule has 0 fully saturated rings. The molecule has 0 saturated carbocycles. The molecular formula is C11H12N2O2S2. The Hall–Kier alpha value is -1.24. The summed E-state index contributed by atoms with van der Waals surface area (Å²) >= 11 is 2.88. The SMILES string of the molecule is Cc1ccsc1CNCc1csc(C(=O)O)n1. The highest BCUT2D eigenvalue weighted by atomic mass is 32.1. The van der Waals surface area contributed by atoms with Crippen LogP contribution in [-0.2, 0) is 13.1 Å². The Balaban J connectivity index is 1.86. The van der Waals surface area contributed by atoms with E-state index in [4.69, 9.17) is 5.11 Å². The van der Waals surface area contributed by atoms with Crippen molar-refractivity contribution in [1.82, 2.24) is 10.3 Å². The van der Waals surface area contributed by atoms with Crippen LogP contribution in [0.15, 0.2) is 16.8 Å². The summed E-state index contributed by atoms with van der Waals surface area (Å²) in [6.45, 7) is 3.48. The number of aromatic nitrogens is 1. The first-order chi connectivity index (χ1) is 8.16. The summed E-state index contributed by atoms with van der Waals surface area (Å²) in [6.07, 6.45) is 0. The van der Waals surface area contributed by atoms with Crippen LogP contribution >= 0.6 is 22.7 Å². The Bertz CT molecular complexity index is 519. The highest BCUT2D eigenvalue weighted by molar-refractivity contribution is 7.11. The van der Waals surface area contributed by atoms with E-state index in [0.29, 0.717) is 6.54 Å². The third kappa shape index (κ3) is 3.12. The number of carbonyl (C=O) groups is 1. The third-order valence-corrected chi connectivity index (χ3v) is 4.20. The van der Waals surface area contributed by atoms with Gasteiger partial charge in [0.2, 0.25) is 5.01 Å². The molecule has 17 heavy (non-hydrogen) atoms. The quantitative estimate of drug-likeness (QED) is 0.874. The number of thiazole rings is 1. The Kier molecular flexibility index (Phi) is 3.88. The van der Waals surface area contributed by atoms with Crippen molar-refractivity contribution in [1.29, 1.82) is 0 Å². The minimum Gasteiger partial charge on any atom is -0.476 e. The molecule has 0 aliphatic rings. The zero-order valence-corrected chi connectivity index (χ0v) is 10.9. The lowest BCUT2D eigenvalue weighted by Gasteiger charge is -2.01. The van der Waals surface area contributed by atoms with Crippen LogP contribution in [0.2, 0.25) is 0 Å². The second-order valence-electron chi connectivity index (χ2n) is 3.58. The number of rotatable bonds is 5. The standard InChI is InChI=1S/C11H12N2O2S2/c1-7-2-3-16-9(7)5-12-4-8-6-17-10(13-8)11(14)15/h2-3,6,12H,4-5H2,1H3,(H,14,15). The van der Waals surface area contributed by atoms with Crippen LogP contribution in [0, 0.1) is 6.92 Å². The van der Waals surface area contributed by atoms with Gasteiger partial charge in [0.15, 0.2) is 0 Å². The van der Waals surface area contributed by atoms with Crippen molar-refractivity contribution in [3.63, 3.8) is 0 Å². The predicted molar refractivity (Wildman–Crippen MR) is 68.7 cm³/mol. The van der Waals surface area contributed by atoms with Gasteiger partial charge in [-0.2, -0.15) is 0 Å². The highest BCUT2D eigenvalue weighted by Crippen LogP contribution is 2.15. The van der Waals surface area contributed by atoms with E-state index < -0.39 is 5.97 Å². The summed E-state index contributed by atoms with van der Waals surface area (Å²) in [5.41, 5.74) is 2.06. The molecule has 6 heteroatoms. The Morgan fingerprint density at radius 2 is 2.29 bits per heavy atom. The van der Waals surface area contributed by atoms with Crippen molar-refractivity contribution in [2.75, 3.05) is 0 Å². The maximum absolute atomic E-state index is 10.6. The van der Waals surface area contributed by atoms with Gasteiger partial charge < -0.3 is 10.4 Å². The largest absolute Gasteiger partial charge is 0.476 e. The van der Waals surface area contributed by atoms with E-state index in [1.165, 1.54) is 10.4 Å². The first kappa shape index (κ1) is 12.2. The summed E-state index contributed by atoms with van der Waals surface area (Å²) < 4.78 is 0. The van der Waals surface area contributed by atoms with Gasteiger partial charge in [-0.1, -0.05) is 0 Å². The highest BCUT2D eigenvalue weighted by Gasteiger charge is 2.08. The smallest absolute Gasteiger partial charge is 0.365 e. The molecule has 0 saturated heterocycles. The molecule has 0 bridgehead atoms. The zero-order valence-electron chi connectivity index (χ0n) is 9.27. The van der Waals surface area contributed by atoms with Crippen LogP contribution in [-0.4, -0.2) is 16.1 Å². The topological polar surface area (TPSA) is 62.2 Å². The number of thiophene rings is 1. The number of hydrogen-bond acceptors (Lipinski definition) is 5. The monoisotopic (exact) mass is 268 g/mol. The number of nitrogens with zero attached hydrogens (tertiary/aromatic N) is 1. The van der Waals surface area contributed by atoms with Crippen LogP contribution in [0.1, 0.15) is 25.9 Å². The minimum atomic E-state index is -0.963. The summed E-state index contributed by atoms with van der Waals surface area (Å²) in [6, 6.07) is 2.09. The Morgan fingerprint density at radius 1 is 1.47 bits per heavy atom. The molecule has 0 spiro atoms. The molecule has 0 unspecified atom stereocenters. The second kappa shape index (κ2) is 5.39. The minimum absolute atomic E-state index is 0.147. The third-order valence-electron chi connectivity index (χ3n) is 2.29. The number of nitrogens with one attached hydrogen (secondary N) is 1. The maximum atomic E-state index is 10.6. The molecule has 2 aromatic heterocycles. The van der Waals surface area contributed by atoms with Crippen LogP contribution in [0.3, 0.4) is 0 Å². The molecule has 0 amide bonds. The number of aromatic carboxylic acids is 1. The van der Waals surface area contributed by atoms with Gasteiger partial charge in [-0.15, -0.1) is 22.7 Å². The molecular weight excluding hydrogens is 256 g/mol. The summed E-state index contributed by atoms with van der Waals surface area (Å²) in [5, 5.41) is 16.0. The van der Waals surface area contributed by atoms with Crippen LogP contribution < -0.4 is 5.32 Å². The fraction of sp³-hybridized carbons (Fsp3) is 0.273. The summed E-state index contributed by atoms with van der Waals surface area (Å²) in [4.78, 5) is 16.0. The normalized spacial score (nSPS) is 10.6. The lowest BCUT2D eigenvalue weighted by atomic mass is 10.3. The van der Waals surface area contributed by atoms with Gasteiger partial charge >= 0.3 is 5.97 Å². The van der Waals surface area contributed by atoms with Crippen molar-refractivity contribution >= 4 is 28.6 Å². The predicted octanol–water partition coefficient (Wildman–Crippen LogP) is 2.50. The van der Waals surface area contributed by atoms with Crippen molar-refractivity contribution in [2.45, 2.75) is 20.0 Å². The van der Waals surface area contributed by atoms with Gasteiger partial charge in [-0.05, 0) is 23.9 Å². The van der Waals surface area contributed by atoms with E-state index in [1.54, 1.807) is 16.7 Å². The van der Waals surface area contributed by atoms with Gasteiger partial charge in [-0.3, -0.25) is 0 Å². The van der Waals surface area contributed by atoms with Crippen molar-refractivity contribution in [3.8, 4) is 0 Å². The first-order valence-corrected chi connectivity index (χ1v) is 6.84. The van der Waals surface area contributed by atoms with Crippen molar-refractivity contribution in [2.24, 2.45) is 0 Å². The van der Waals surface area contributed by atoms with Crippen molar-refractivity contribution < 1.29 is 9.90 Å². The van der Waals surface area contributed by atoms with Gasteiger partial charge in [0.25, 0.3) is 0 Å². The molecule has 90 valence electrons. The van der Waals surface area contributed by atoms with E-state index in [2.05, 4.69) is 28.7 Å². The molecule has 0 aliphatic heterocycles. The van der Waals surface area contributed by atoms with E-state index in [1.807, 2.05) is 0 Å². The van der Waals surface area contributed by atoms with Gasteiger partial charge in [0.1, 0.15) is 0 Å². The van der Waals surface area contributed by atoms with Gasteiger partial charge in [0.05, 0.1) is 5.69 Å². The summed E-state index contributed by atoms with van der Waals surface area (Å²) in [7, 11) is 0. The molecule has 0 aromatic carbocycles. The molecule has 2 N–H and O–H groups in total. The molecule has 2 heterocycles. The number of carboxylic acid groups (broad SMARTS) is 1. The number of hydrogen-bond donors (Lipinski definition) is 2. The van der Waals surface area contributed by atoms with Crippen LogP contribution in [0.4, 0.5) is 0 Å². The fourth-order valence-electron chi connectivity index (χ4n) is 1.38. The average molecular weight is 268 g/mol. The lowest BCUT2D eigenvalue weighted by Crippen LogP contribution is -2.12. The lowest BCUT2D eigenvalue weighted by molar-refractivity contribution is 0.0696. The van der Waals surface area contributed by atoms with Gasteiger partial charge in [0, 0.05) is 23.3 Å². The number of aryl methyl sites for hydroxylation is 1. The zero-order chi connectivity index (χ0) is 12.3. The number of carboxylic acids is 1.